The molecule has 1 amide bonds. The quantitative estimate of drug-likeness (QED) is 0.235. The van der Waals surface area contributed by atoms with Crippen LogP contribution in [0.5, 0.6) is 5.75 Å². The Balaban J connectivity index is 1.83. The van der Waals surface area contributed by atoms with E-state index in [9.17, 15) is 9.90 Å². The van der Waals surface area contributed by atoms with Crippen LogP contribution in [0.3, 0.4) is 0 Å². The monoisotopic (exact) mass is 498 g/mol. The largest absolute Gasteiger partial charge is 0.507 e. The molecule has 3 aromatic rings. The second-order valence-electron chi connectivity index (χ2n) is 8.16. The van der Waals surface area contributed by atoms with E-state index in [-0.39, 0.29) is 23.1 Å². The highest BCUT2D eigenvalue weighted by Crippen LogP contribution is 2.23. The molecule has 0 fully saturated rings. The van der Waals surface area contributed by atoms with Crippen molar-refractivity contribution in [3.8, 4) is 11.6 Å². The minimum Gasteiger partial charge on any atom is -0.507 e. The number of amides is 1. The Morgan fingerprint density at radius 3 is 2.50 bits per heavy atom. The zero-order valence-electron chi connectivity index (χ0n) is 21.2. The van der Waals surface area contributed by atoms with Crippen molar-refractivity contribution >= 4 is 23.6 Å². The van der Waals surface area contributed by atoms with Gasteiger partial charge in [-0.3, -0.25) is 9.69 Å². The smallest absolute Gasteiger partial charge is 0.293 e. The molecule has 0 saturated carbocycles. The number of carbonyl (C=O) groups is 1. The van der Waals surface area contributed by atoms with E-state index in [1.807, 2.05) is 19.9 Å². The van der Waals surface area contributed by atoms with Gasteiger partial charge in [0.2, 0.25) is 11.6 Å². The molecule has 0 bridgehead atoms. The van der Waals surface area contributed by atoms with Crippen LogP contribution >= 0.6 is 0 Å². The average molecular weight is 499 g/mol. The zero-order chi connectivity index (χ0) is 26.1. The molecule has 0 aliphatic heterocycles. The number of nitrogen functional groups attached to an aromatic ring is 1. The van der Waals surface area contributed by atoms with Crippen LogP contribution in [-0.2, 0) is 6.54 Å². The highest BCUT2D eigenvalue weighted by Gasteiger charge is 2.25. The summed E-state index contributed by atoms with van der Waals surface area (Å²) >= 11 is 0. The summed E-state index contributed by atoms with van der Waals surface area (Å²) in [5.41, 5.74) is 10.3. The standard InChI is InChI=1S/C23H34N10O3/c1-5-11-31(12-6-2)15-18-20(26-30-33(18)22-21(24)28-36-29-22)23(35)27-25-14-16-9-10-17(13-19(16)34)32(7-3)8-4/h9-10,13-14,34H,5-8,11-12,15H2,1-4H3,(H2,24,28)(H,27,35). The van der Waals surface area contributed by atoms with E-state index in [1.165, 1.54) is 10.9 Å². The molecule has 0 radical (unpaired) electrons. The van der Waals surface area contributed by atoms with Gasteiger partial charge in [-0.15, -0.1) is 5.10 Å². The van der Waals surface area contributed by atoms with Crippen LogP contribution in [0.2, 0.25) is 0 Å². The number of phenolic OH excluding ortho intramolecular Hbond substituents is 1. The van der Waals surface area contributed by atoms with Gasteiger partial charge in [-0.1, -0.05) is 19.1 Å². The number of hydrogen-bond acceptors (Lipinski definition) is 11. The summed E-state index contributed by atoms with van der Waals surface area (Å²) in [7, 11) is 0. The predicted octanol–water partition coefficient (Wildman–Crippen LogP) is 2.17. The number of rotatable bonds is 13. The molecule has 0 aliphatic carbocycles. The lowest BCUT2D eigenvalue weighted by Gasteiger charge is -2.21. The van der Waals surface area contributed by atoms with Crippen molar-refractivity contribution < 1.29 is 14.5 Å². The van der Waals surface area contributed by atoms with Crippen LogP contribution < -0.4 is 16.1 Å². The molecule has 0 spiro atoms. The Morgan fingerprint density at radius 2 is 1.92 bits per heavy atom. The Morgan fingerprint density at radius 1 is 1.19 bits per heavy atom. The molecule has 0 saturated heterocycles. The number of nitrogens with zero attached hydrogens (tertiary/aromatic N) is 8. The van der Waals surface area contributed by atoms with E-state index in [0.717, 1.165) is 44.7 Å². The number of carbonyl (C=O) groups excluding carboxylic acids is 1. The lowest BCUT2D eigenvalue weighted by Crippen LogP contribution is -2.28. The first-order valence-electron chi connectivity index (χ1n) is 12.1. The third-order valence-electron chi connectivity index (χ3n) is 5.64. The van der Waals surface area contributed by atoms with Crippen LogP contribution in [0.15, 0.2) is 27.9 Å². The molecular formula is C23H34N10O3. The molecule has 2 heterocycles. The van der Waals surface area contributed by atoms with E-state index in [0.29, 0.717) is 17.8 Å². The SMILES string of the molecule is CCCN(CCC)Cc1c(C(=O)NN=Cc2ccc(N(CC)CC)cc2O)nnn1-c1nonc1N. The highest BCUT2D eigenvalue weighted by molar-refractivity contribution is 5.94. The number of phenols is 1. The fourth-order valence-corrected chi connectivity index (χ4v) is 3.88. The van der Waals surface area contributed by atoms with Crippen molar-refractivity contribution in [3.63, 3.8) is 0 Å². The summed E-state index contributed by atoms with van der Waals surface area (Å²) in [6.07, 6.45) is 3.26. The summed E-state index contributed by atoms with van der Waals surface area (Å²) < 4.78 is 6.07. The Hall–Kier alpha value is -4.00. The number of benzene rings is 1. The third kappa shape index (κ3) is 6.16. The number of nitrogens with two attached hydrogens (primary N) is 1. The number of aromatic nitrogens is 5. The second-order valence-corrected chi connectivity index (χ2v) is 8.16. The van der Waals surface area contributed by atoms with Gasteiger partial charge in [0, 0.05) is 37.0 Å². The number of aromatic hydroxyl groups is 1. The molecule has 4 N–H and O–H groups in total. The molecular weight excluding hydrogens is 464 g/mol. The molecule has 13 nitrogen and oxygen atoms in total. The second kappa shape index (κ2) is 12.6. The normalized spacial score (nSPS) is 11.5. The molecule has 0 aliphatic rings. The molecule has 3 rings (SSSR count). The first-order chi connectivity index (χ1) is 17.4. The minimum absolute atomic E-state index is 0.0345. The molecule has 13 heteroatoms. The summed E-state index contributed by atoms with van der Waals surface area (Å²) in [5.74, 6) is -0.305. The number of nitrogens with one attached hydrogen (secondary N) is 1. The van der Waals surface area contributed by atoms with Gasteiger partial charge in [0.25, 0.3) is 5.91 Å². The molecule has 36 heavy (non-hydrogen) atoms. The van der Waals surface area contributed by atoms with Crippen LogP contribution in [0.4, 0.5) is 11.5 Å². The fourth-order valence-electron chi connectivity index (χ4n) is 3.88. The van der Waals surface area contributed by atoms with Gasteiger partial charge in [0.15, 0.2) is 5.69 Å². The summed E-state index contributed by atoms with van der Waals surface area (Å²) in [6, 6.07) is 5.31. The van der Waals surface area contributed by atoms with Crippen molar-refractivity contribution in [3.05, 3.63) is 35.2 Å². The summed E-state index contributed by atoms with van der Waals surface area (Å²) in [6.45, 7) is 12.0. The van der Waals surface area contributed by atoms with Crippen LogP contribution in [0.25, 0.3) is 5.82 Å². The molecule has 0 unspecified atom stereocenters. The van der Waals surface area contributed by atoms with Crippen molar-refractivity contribution in [1.82, 2.24) is 35.6 Å². The van der Waals surface area contributed by atoms with E-state index < -0.39 is 5.91 Å². The van der Waals surface area contributed by atoms with Crippen molar-refractivity contribution in [2.75, 3.05) is 36.8 Å². The minimum atomic E-state index is -0.560. The molecule has 194 valence electrons. The maximum atomic E-state index is 13.0. The third-order valence-corrected chi connectivity index (χ3v) is 5.64. The Bertz CT molecular complexity index is 1160. The van der Waals surface area contributed by atoms with Gasteiger partial charge < -0.3 is 15.7 Å². The predicted molar refractivity (Wildman–Crippen MR) is 136 cm³/mol. The Kier molecular flexibility index (Phi) is 9.33. The van der Waals surface area contributed by atoms with Crippen molar-refractivity contribution in [2.24, 2.45) is 5.10 Å². The first-order valence-corrected chi connectivity index (χ1v) is 12.1. The number of hydrogen-bond donors (Lipinski definition) is 3. The van der Waals surface area contributed by atoms with E-state index in [1.54, 1.807) is 12.1 Å². The van der Waals surface area contributed by atoms with Crippen LogP contribution in [0.1, 0.15) is 62.3 Å². The molecule has 0 atom stereocenters. The lowest BCUT2D eigenvalue weighted by atomic mass is 10.2. The Labute approximate surface area is 209 Å². The van der Waals surface area contributed by atoms with Crippen molar-refractivity contribution in [2.45, 2.75) is 47.1 Å². The van der Waals surface area contributed by atoms with Gasteiger partial charge in [-0.25, -0.2) is 10.1 Å². The summed E-state index contributed by atoms with van der Waals surface area (Å²) in [4.78, 5) is 17.3. The van der Waals surface area contributed by atoms with Gasteiger partial charge in [-0.05, 0) is 62.2 Å². The lowest BCUT2D eigenvalue weighted by molar-refractivity contribution is 0.0947. The van der Waals surface area contributed by atoms with Gasteiger partial charge in [0.1, 0.15) is 5.75 Å². The maximum Gasteiger partial charge on any atom is 0.293 e. The first kappa shape index (κ1) is 26.6. The average Bonchev–Trinajstić information content (AvgIpc) is 3.47. The van der Waals surface area contributed by atoms with Crippen LogP contribution in [-0.4, -0.2) is 73.6 Å². The van der Waals surface area contributed by atoms with Gasteiger partial charge >= 0.3 is 0 Å². The number of hydrazone groups is 1. The zero-order valence-corrected chi connectivity index (χ0v) is 21.2. The molecule has 2 aromatic heterocycles. The van der Waals surface area contributed by atoms with E-state index >= 15 is 0 Å². The summed E-state index contributed by atoms with van der Waals surface area (Å²) in [5, 5.41) is 29.9. The fraction of sp³-hybridized carbons (Fsp3) is 0.478. The highest BCUT2D eigenvalue weighted by atomic mass is 16.6. The van der Waals surface area contributed by atoms with E-state index in [4.69, 9.17) is 10.4 Å². The maximum absolute atomic E-state index is 13.0. The topological polar surface area (TPSA) is 164 Å². The van der Waals surface area contributed by atoms with Crippen LogP contribution in [0, 0.1) is 0 Å². The number of anilines is 2. The molecule has 1 aromatic carbocycles. The van der Waals surface area contributed by atoms with Gasteiger partial charge in [-0.2, -0.15) is 9.78 Å². The van der Waals surface area contributed by atoms with Crippen molar-refractivity contribution in [1.29, 1.82) is 0 Å². The van der Waals surface area contributed by atoms with E-state index in [2.05, 4.69) is 54.8 Å². The van der Waals surface area contributed by atoms with Gasteiger partial charge in [0.05, 0.1) is 11.9 Å².